The normalized spacial score (nSPS) is 13.8. The van der Waals surface area contributed by atoms with Gasteiger partial charge in [-0.05, 0) is 91.8 Å². The molecule has 0 unspecified atom stereocenters. The van der Waals surface area contributed by atoms with Crippen molar-refractivity contribution in [1.82, 2.24) is 34.1 Å². The first-order valence-electron chi connectivity index (χ1n) is 20.3. The molecule has 0 bridgehead atoms. The molecule has 8 rings (SSSR count). The van der Waals surface area contributed by atoms with E-state index in [2.05, 4.69) is 32.1 Å². The van der Waals surface area contributed by atoms with E-state index in [1.807, 2.05) is 61.5 Å². The molecule has 0 aliphatic carbocycles. The van der Waals surface area contributed by atoms with Crippen LogP contribution in [0.15, 0.2) is 109 Å². The number of halogens is 2. The van der Waals surface area contributed by atoms with Gasteiger partial charge in [0.1, 0.15) is 48.1 Å². The van der Waals surface area contributed by atoms with E-state index in [0.717, 1.165) is 43.9 Å². The average molecular weight is 857 g/mol. The summed E-state index contributed by atoms with van der Waals surface area (Å²) in [5.74, 6) is 1.46. The van der Waals surface area contributed by atoms with Crippen molar-refractivity contribution in [3.05, 3.63) is 137 Å². The highest BCUT2D eigenvalue weighted by molar-refractivity contribution is 6.33. The van der Waals surface area contributed by atoms with Crippen LogP contribution in [0.25, 0.3) is 39.7 Å². The fourth-order valence-corrected chi connectivity index (χ4v) is 7.75. The van der Waals surface area contributed by atoms with Crippen molar-refractivity contribution in [3.8, 4) is 51.2 Å². The molecule has 13 nitrogen and oxygen atoms in total. The molecule has 15 heteroatoms. The van der Waals surface area contributed by atoms with Crippen molar-refractivity contribution in [2.24, 2.45) is 0 Å². The molecule has 1 saturated heterocycles. The number of para-hydroxylation sites is 2. The molecule has 0 spiro atoms. The topological polar surface area (TPSA) is 139 Å². The number of aromatic nitrogens is 5. The minimum absolute atomic E-state index is 0.0609. The first-order chi connectivity index (χ1) is 30.2. The Balaban J connectivity index is 1.08. The van der Waals surface area contributed by atoms with Gasteiger partial charge in [0.05, 0.1) is 34.8 Å². The van der Waals surface area contributed by atoms with E-state index in [4.69, 9.17) is 35.8 Å². The maximum atomic E-state index is 14.2. The van der Waals surface area contributed by atoms with E-state index in [1.54, 1.807) is 54.2 Å². The number of benzene rings is 4. The van der Waals surface area contributed by atoms with Crippen LogP contribution in [0.2, 0.25) is 5.02 Å². The van der Waals surface area contributed by atoms with Gasteiger partial charge in [-0.3, -0.25) is 9.30 Å². The lowest BCUT2D eigenvalue weighted by atomic mass is 10.00. The predicted octanol–water partition coefficient (Wildman–Crippen LogP) is 7.94. The Morgan fingerprint density at radius 1 is 0.855 bits per heavy atom. The molecule has 4 aromatic carbocycles. The number of carbonyl (C=O) groups is 1. The summed E-state index contributed by atoms with van der Waals surface area (Å²) in [6, 6.07) is 27.0. The Morgan fingerprint density at radius 3 is 2.37 bits per heavy atom. The van der Waals surface area contributed by atoms with Crippen molar-refractivity contribution in [1.29, 1.82) is 0 Å². The van der Waals surface area contributed by atoms with Crippen LogP contribution in [0.4, 0.5) is 10.2 Å². The molecule has 3 aromatic heterocycles. The third-order valence-corrected chi connectivity index (χ3v) is 11.4. The number of fused-ring (bicyclic) bond motifs is 1. The van der Waals surface area contributed by atoms with E-state index in [-0.39, 0.29) is 18.8 Å². The summed E-state index contributed by atoms with van der Waals surface area (Å²) in [4.78, 5) is 36.4. The van der Waals surface area contributed by atoms with E-state index < -0.39 is 12.0 Å². The smallest absolute Gasteiger partial charge is 0.326 e. The van der Waals surface area contributed by atoms with Crippen LogP contribution in [0.3, 0.4) is 0 Å². The Hall–Kier alpha value is -6.61. The molecule has 318 valence electrons. The first kappa shape index (κ1) is 42.1. The summed E-state index contributed by atoms with van der Waals surface area (Å²) >= 11 is 7.05. The lowest BCUT2D eigenvalue weighted by molar-refractivity contribution is -0.137. The number of nitrogens with one attached hydrogen (secondary N) is 1. The van der Waals surface area contributed by atoms with E-state index in [1.165, 1.54) is 12.1 Å². The third-order valence-electron chi connectivity index (χ3n) is 11.0. The van der Waals surface area contributed by atoms with Crippen molar-refractivity contribution >= 4 is 29.2 Å². The van der Waals surface area contributed by atoms with Gasteiger partial charge in [-0.15, -0.1) is 0 Å². The zero-order chi connectivity index (χ0) is 43.2. The van der Waals surface area contributed by atoms with Crippen molar-refractivity contribution in [3.63, 3.8) is 0 Å². The quantitative estimate of drug-likeness (QED) is 0.0976. The number of aliphatic carboxylic acids is 1. The number of ether oxygens (including phenoxy) is 3. The summed E-state index contributed by atoms with van der Waals surface area (Å²) in [6.45, 7) is 7.28. The van der Waals surface area contributed by atoms with Crippen molar-refractivity contribution in [2.75, 3.05) is 58.8 Å². The summed E-state index contributed by atoms with van der Waals surface area (Å²) in [6.07, 6.45) is 3.29. The van der Waals surface area contributed by atoms with Crippen molar-refractivity contribution < 1.29 is 28.5 Å². The number of piperazine rings is 1. The standard InChI is InChI=1S/C47H46ClFN8O5/c1-30-35(16-17-40(42(30)48)61-27-26-56-24-22-55(2)23-25-56)44-43(31-12-14-33(49)15-13-31)54-47-51-21-19-41(57(44)47)53-37(46(58)59)28-32-8-4-6-10-38(32)62-29-34-18-20-50-45(52-34)36-9-5-7-11-39(36)60-3/h4-21,37,53H,22-29H2,1-3H3,(H,58,59)/t37-/m1/s1. The van der Waals surface area contributed by atoms with Crippen LogP contribution >= 0.6 is 11.6 Å². The van der Waals surface area contributed by atoms with Gasteiger partial charge in [0.15, 0.2) is 5.82 Å². The predicted molar refractivity (Wildman–Crippen MR) is 237 cm³/mol. The van der Waals surface area contributed by atoms with E-state index in [0.29, 0.717) is 80.1 Å². The third kappa shape index (κ3) is 9.32. The van der Waals surface area contributed by atoms with Crippen LogP contribution in [-0.4, -0.2) is 105 Å². The maximum absolute atomic E-state index is 14.2. The number of carboxylic acids is 1. The van der Waals surface area contributed by atoms with Gasteiger partial charge < -0.3 is 29.5 Å². The Labute approximate surface area is 363 Å². The number of hydrogen-bond acceptors (Lipinski definition) is 11. The van der Waals surface area contributed by atoms with Gasteiger partial charge in [-0.25, -0.2) is 29.1 Å². The van der Waals surface area contributed by atoms with Gasteiger partial charge in [0, 0.05) is 62.7 Å². The molecule has 1 fully saturated rings. The number of nitrogens with zero attached hydrogens (tertiary/aromatic N) is 7. The van der Waals surface area contributed by atoms with E-state index >= 15 is 0 Å². The van der Waals surface area contributed by atoms with Crippen LogP contribution in [0.1, 0.15) is 16.8 Å². The molecule has 1 atom stereocenters. The average Bonchev–Trinajstić information content (AvgIpc) is 3.68. The fraction of sp³-hybridized carbons (Fsp3) is 0.255. The number of carboxylic acid groups (broad SMARTS) is 1. The molecule has 1 aliphatic rings. The minimum Gasteiger partial charge on any atom is -0.496 e. The molecule has 0 saturated carbocycles. The number of methoxy groups -OCH3 is 1. The largest absolute Gasteiger partial charge is 0.496 e. The van der Waals surface area contributed by atoms with Gasteiger partial charge in [-0.2, -0.15) is 0 Å². The van der Waals surface area contributed by atoms with Crippen LogP contribution in [0.5, 0.6) is 17.2 Å². The molecule has 4 heterocycles. The molecular formula is C47H46ClFN8O5. The maximum Gasteiger partial charge on any atom is 0.326 e. The van der Waals surface area contributed by atoms with Gasteiger partial charge >= 0.3 is 5.97 Å². The highest BCUT2D eigenvalue weighted by Gasteiger charge is 2.26. The monoisotopic (exact) mass is 856 g/mol. The highest BCUT2D eigenvalue weighted by Crippen LogP contribution is 2.41. The Morgan fingerprint density at radius 2 is 1.60 bits per heavy atom. The second-order valence-electron chi connectivity index (χ2n) is 15.0. The number of hydrogen-bond donors (Lipinski definition) is 2. The number of imidazole rings is 1. The lowest BCUT2D eigenvalue weighted by Crippen LogP contribution is -2.45. The summed E-state index contributed by atoms with van der Waals surface area (Å²) in [5.41, 5.74) is 5.24. The summed E-state index contributed by atoms with van der Waals surface area (Å²) < 4.78 is 34.0. The van der Waals surface area contributed by atoms with Crippen molar-refractivity contribution in [2.45, 2.75) is 26.0 Å². The zero-order valence-electron chi connectivity index (χ0n) is 34.6. The SMILES string of the molecule is COc1ccccc1-c1nccc(COc2ccccc2C[C@@H](Nc2ccnc3nc(-c4ccc(F)cc4)c(-c4ccc(OCCN5CCN(C)CC5)c(Cl)c4C)n23)C(=O)O)n1. The van der Waals surface area contributed by atoms with Crippen LogP contribution < -0.4 is 19.5 Å². The van der Waals surface area contributed by atoms with Gasteiger partial charge in [-0.1, -0.05) is 41.9 Å². The highest BCUT2D eigenvalue weighted by atomic mass is 35.5. The second kappa shape index (κ2) is 19.0. The molecule has 0 radical (unpaired) electrons. The molecule has 62 heavy (non-hydrogen) atoms. The summed E-state index contributed by atoms with van der Waals surface area (Å²) in [7, 11) is 3.73. The second-order valence-corrected chi connectivity index (χ2v) is 15.4. The van der Waals surface area contributed by atoms with Gasteiger partial charge in [0.2, 0.25) is 5.78 Å². The van der Waals surface area contributed by atoms with Crippen LogP contribution in [-0.2, 0) is 17.8 Å². The van der Waals surface area contributed by atoms with Crippen LogP contribution in [0, 0.1) is 12.7 Å². The minimum atomic E-state index is -1.12. The van der Waals surface area contributed by atoms with E-state index in [9.17, 15) is 14.3 Å². The van der Waals surface area contributed by atoms with Gasteiger partial charge in [0.25, 0.3) is 0 Å². The number of rotatable bonds is 16. The first-order valence-corrected chi connectivity index (χ1v) is 20.7. The number of anilines is 1. The molecule has 2 N–H and O–H groups in total. The molecule has 1 aliphatic heterocycles. The molecular weight excluding hydrogens is 811 g/mol. The fourth-order valence-electron chi connectivity index (χ4n) is 7.53. The molecule has 7 aromatic rings. The summed E-state index contributed by atoms with van der Waals surface area (Å²) in [5, 5.41) is 14.4. The molecule has 0 amide bonds. The lowest BCUT2D eigenvalue weighted by Gasteiger charge is -2.32. The Bertz CT molecular complexity index is 2690. The Kier molecular flexibility index (Phi) is 12.9. The zero-order valence-corrected chi connectivity index (χ0v) is 35.3. The number of likely N-dealkylation sites (N-methyl/N-ethyl adjacent to an activating group) is 1.